The zero-order chi connectivity index (χ0) is 11.1. The molecule has 2 amide bonds. The Labute approximate surface area is 89.2 Å². The molecule has 2 aliphatic rings. The first-order chi connectivity index (χ1) is 7.06. The Kier molecular flexibility index (Phi) is 2.42. The lowest BCUT2D eigenvalue weighted by molar-refractivity contribution is -0.156. The van der Waals surface area contributed by atoms with Gasteiger partial charge in [0.15, 0.2) is 0 Å². The van der Waals surface area contributed by atoms with Gasteiger partial charge >= 0.3 is 0 Å². The number of amides is 2. The Morgan fingerprint density at radius 1 is 1.40 bits per heavy atom. The molecular weight excluding hydrogens is 194 g/mol. The van der Waals surface area contributed by atoms with Crippen molar-refractivity contribution in [3.63, 3.8) is 0 Å². The molecule has 84 valence electrons. The fourth-order valence-corrected chi connectivity index (χ4v) is 2.38. The van der Waals surface area contributed by atoms with Crippen LogP contribution in [0.2, 0.25) is 0 Å². The van der Waals surface area contributed by atoms with Crippen molar-refractivity contribution in [2.24, 2.45) is 5.92 Å². The summed E-state index contributed by atoms with van der Waals surface area (Å²) >= 11 is 0. The van der Waals surface area contributed by atoms with Gasteiger partial charge in [0.2, 0.25) is 11.8 Å². The van der Waals surface area contributed by atoms with Crippen molar-refractivity contribution in [3.05, 3.63) is 0 Å². The molecule has 0 aromatic heterocycles. The molecule has 0 aromatic carbocycles. The fraction of sp³-hybridized carbons (Fsp3) is 0.800. The summed E-state index contributed by atoms with van der Waals surface area (Å²) < 4.78 is 0. The summed E-state index contributed by atoms with van der Waals surface area (Å²) in [6.45, 7) is 5.52. The average Bonchev–Trinajstić information content (AvgIpc) is 2.19. The van der Waals surface area contributed by atoms with Crippen LogP contribution in [0.25, 0.3) is 0 Å². The normalized spacial score (nSPS) is 31.5. The maximum atomic E-state index is 11.8. The zero-order valence-corrected chi connectivity index (χ0v) is 9.17. The summed E-state index contributed by atoms with van der Waals surface area (Å²) in [4.78, 5) is 24.8. The van der Waals surface area contributed by atoms with Gasteiger partial charge in [0.05, 0.1) is 6.54 Å². The molecule has 2 aliphatic heterocycles. The Morgan fingerprint density at radius 3 is 2.80 bits per heavy atom. The standard InChI is InChI=1S/C10H17N3O2/c1-7(2)10-6-11-8(14)5-13(10)9(15)3-4-12-10/h7,12H,3-6H2,1-2H3,(H,11,14). The second kappa shape index (κ2) is 3.48. The molecule has 5 heteroatoms. The van der Waals surface area contributed by atoms with E-state index in [1.165, 1.54) is 0 Å². The second-order valence-corrected chi connectivity index (χ2v) is 4.51. The summed E-state index contributed by atoms with van der Waals surface area (Å²) in [5.74, 6) is 0.294. The molecule has 0 spiro atoms. The lowest BCUT2D eigenvalue weighted by atomic mass is 9.89. The van der Waals surface area contributed by atoms with Gasteiger partial charge in [-0.3, -0.25) is 14.9 Å². The third-order valence-electron chi connectivity index (χ3n) is 3.36. The second-order valence-electron chi connectivity index (χ2n) is 4.51. The van der Waals surface area contributed by atoms with Crippen molar-refractivity contribution in [2.75, 3.05) is 19.6 Å². The zero-order valence-electron chi connectivity index (χ0n) is 9.17. The SMILES string of the molecule is CC(C)C12CNC(=O)CN1C(=O)CCN2. The number of nitrogens with zero attached hydrogens (tertiary/aromatic N) is 1. The predicted octanol–water partition coefficient (Wildman–Crippen LogP) is -0.710. The molecule has 15 heavy (non-hydrogen) atoms. The summed E-state index contributed by atoms with van der Waals surface area (Å²) in [5, 5.41) is 6.20. The third kappa shape index (κ3) is 1.51. The number of rotatable bonds is 1. The van der Waals surface area contributed by atoms with Gasteiger partial charge in [-0.2, -0.15) is 0 Å². The van der Waals surface area contributed by atoms with E-state index < -0.39 is 0 Å². The quantitative estimate of drug-likeness (QED) is 0.602. The smallest absolute Gasteiger partial charge is 0.239 e. The molecule has 2 saturated heterocycles. The lowest BCUT2D eigenvalue weighted by Gasteiger charge is -2.52. The van der Waals surface area contributed by atoms with Gasteiger partial charge in [-0.15, -0.1) is 0 Å². The number of nitrogens with one attached hydrogen (secondary N) is 2. The molecule has 0 saturated carbocycles. The van der Waals surface area contributed by atoms with Gasteiger partial charge in [0.1, 0.15) is 12.2 Å². The predicted molar refractivity (Wildman–Crippen MR) is 54.9 cm³/mol. The minimum Gasteiger partial charge on any atom is -0.351 e. The van der Waals surface area contributed by atoms with E-state index in [1.807, 2.05) is 0 Å². The van der Waals surface area contributed by atoms with Gasteiger partial charge in [-0.25, -0.2) is 0 Å². The summed E-state index contributed by atoms with van der Waals surface area (Å²) in [5.41, 5.74) is -0.372. The first-order valence-corrected chi connectivity index (χ1v) is 5.38. The molecule has 5 nitrogen and oxygen atoms in total. The number of carbonyl (C=O) groups excluding carboxylic acids is 2. The van der Waals surface area contributed by atoms with Crippen LogP contribution in [0, 0.1) is 5.92 Å². The van der Waals surface area contributed by atoms with E-state index in [-0.39, 0.29) is 29.9 Å². The third-order valence-corrected chi connectivity index (χ3v) is 3.36. The van der Waals surface area contributed by atoms with E-state index in [9.17, 15) is 9.59 Å². The van der Waals surface area contributed by atoms with Gasteiger partial charge in [0.25, 0.3) is 0 Å². The highest BCUT2D eigenvalue weighted by Gasteiger charge is 2.47. The number of piperazine rings is 1. The Balaban J connectivity index is 2.30. The highest BCUT2D eigenvalue weighted by molar-refractivity contribution is 5.87. The Hall–Kier alpha value is -1.10. The largest absolute Gasteiger partial charge is 0.351 e. The topological polar surface area (TPSA) is 61.4 Å². The maximum Gasteiger partial charge on any atom is 0.239 e. The Bertz CT molecular complexity index is 303. The van der Waals surface area contributed by atoms with E-state index in [1.54, 1.807) is 4.90 Å². The van der Waals surface area contributed by atoms with Gasteiger partial charge in [-0.1, -0.05) is 13.8 Å². The van der Waals surface area contributed by atoms with E-state index >= 15 is 0 Å². The molecule has 2 rings (SSSR count). The van der Waals surface area contributed by atoms with Gasteiger partial charge in [-0.05, 0) is 5.92 Å². The summed E-state index contributed by atoms with van der Waals surface area (Å²) in [6, 6.07) is 0. The number of fused-ring (bicyclic) bond motifs is 1. The van der Waals surface area contributed by atoms with Crippen molar-refractivity contribution in [1.29, 1.82) is 0 Å². The Morgan fingerprint density at radius 2 is 2.13 bits per heavy atom. The first kappa shape index (κ1) is 10.4. The molecule has 1 unspecified atom stereocenters. The minimum atomic E-state index is -0.372. The fourth-order valence-electron chi connectivity index (χ4n) is 2.38. The van der Waals surface area contributed by atoms with Crippen LogP contribution in [-0.4, -0.2) is 42.0 Å². The molecule has 1 atom stereocenters. The maximum absolute atomic E-state index is 11.8. The van der Waals surface area contributed by atoms with Crippen LogP contribution in [-0.2, 0) is 9.59 Å². The molecule has 2 N–H and O–H groups in total. The van der Waals surface area contributed by atoms with E-state index in [4.69, 9.17) is 0 Å². The van der Waals surface area contributed by atoms with Crippen molar-refractivity contribution in [2.45, 2.75) is 25.9 Å². The van der Waals surface area contributed by atoms with Crippen molar-refractivity contribution >= 4 is 11.8 Å². The molecule has 0 aromatic rings. The number of carbonyl (C=O) groups is 2. The van der Waals surface area contributed by atoms with Crippen LogP contribution in [0.4, 0.5) is 0 Å². The van der Waals surface area contributed by atoms with Gasteiger partial charge in [0, 0.05) is 13.0 Å². The molecule has 2 fully saturated rings. The van der Waals surface area contributed by atoms with Crippen LogP contribution in [0.1, 0.15) is 20.3 Å². The van der Waals surface area contributed by atoms with Crippen LogP contribution in [0.5, 0.6) is 0 Å². The number of hydrogen-bond donors (Lipinski definition) is 2. The van der Waals surface area contributed by atoms with E-state index in [0.717, 1.165) is 0 Å². The monoisotopic (exact) mass is 211 g/mol. The highest BCUT2D eigenvalue weighted by atomic mass is 16.2. The van der Waals surface area contributed by atoms with Crippen molar-refractivity contribution in [1.82, 2.24) is 15.5 Å². The lowest BCUT2D eigenvalue weighted by Crippen LogP contribution is -2.75. The molecule has 0 bridgehead atoms. The average molecular weight is 211 g/mol. The summed E-state index contributed by atoms with van der Waals surface area (Å²) in [6.07, 6.45) is 0.488. The summed E-state index contributed by atoms with van der Waals surface area (Å²) in [7, 11) is 0. The molecular formula is C10H17N3O2. The molecule has 2 heterocycles. The van der Waals surface area contributed by atoms with Crippen LogP contribution >= 0.6 is 0 Å². The molecule has 0 radical (unpaired) electrons. The number of hydrogen-bond acceptors (Lipinski definition) is 3. The highest BCUT2D eigenvalue weighted by Crippen LogP contribution is 2.27. The van der Waals surface area contributed by atoms with Crippen molar-refractivity contribution < 1.29 is 9.59 Å². The van der Waals surface area contributed by atoms with Crippen LogP contribution in [0.3, 0.4) is 0 Å². The molecule has 0 aliphatic carbocycles. The van der Waals surface area contributed by atoms with Crippen molar-refractivity contribution in [3.8, 4) is 0 Å². The van der Waals surface area contributed by atoms with E-state index in [0.29, 0.717) is 19.5 Å². The minimum absolute atomic E-state index is 0.0664. The van der Waals surface area contributed by atoms with Gasteiger partial charge < -0.3 is 10.2 Å². The first-order valence-electron chi connectivity index (χ1n) is 5.38. The van der Waals surface area contributed by atoms with E-state index in [2.05, 4.69) is 24.5 Å². The van der Waals surface area contributed by atoms with Crippen LogP contribution in [0.15, 0.2) is 0 Å². The van der Waals surface area contributed by atoms with Crippen LogP contribution < -0.4 is 10.6 Å².